The lowest BCUT2D eigenvalue weighted by molar-refractivity contribution is -0.138. The van der Waals surface area contributed by atoms with Crippen molar-refractivity contribution in [1.82, 2.24) is 0 Å². The molecule has 3 atom stereocenters. The van der Waals surface area contributed by atoms with Gasteiger partial charge in [-0.15, -0.1) is 0 Å². The predicted molar refractivity (Wildman–Crippen MR) is 73.5 cm³/mol. The van der Waals surface area contributed by atoms with Crippen LogP contribution in [0.3, 0.4) is 0 Å². The number of rotatable bonds is 2. The summed E-state index contributed by atoms with van der Waals surface area (Å²) in [6.45, 7) is 0.291. The molecule has 0 spiro atoms. The lowest BCUT2D eigenvalue weighted by Gasteiger charge is -2.22. The maximum Gasteiger partial charge on any atom is 0.312 e. The lowest BCUT2D eigenvalue weighted by Crippen LogP contribution is -2.35. The van der Waals surface area contributed by atoms with Crippen molar-refractivity contribution in [3.8, 4) is 0 Å². The van der Waals surface area contributed by atoms with Gasteiger partial charge in [-0.1, -0.05) is 18.2 Å². The molecule has 4 nitrogen and oxygen atoms in total. The van der Waals surface area contributed by atoms with E-state index in [9.17, 15) is 14.7 Å². The van der Waals surface area contributed by atoms with E-state index in [0.29, 0.717) is 6.54 Å². The standard InChI is InChI=1S/C16H17NO3/c18-15(11-6-9-5-10(9)7-11)17-8-13(16(19)20)12-3-1-2-4-14(12)17/h1-4,9-11,13H,5-8H2,(H,19,20). The number of hydrogen-bond acceptors (Lipinski definition) is 2. The Morgan fingerprint density at radius 2 is 1.80 bits per heavy atom. The van der Waals surface area contributed by atoms with Gasteiger partial charge in [0.25, 0.3) is 0 Å². The highest BCUT2D eigenvalue weighted by atomic mass is 16.4. The van der Waals surface area contributed by atoms with E-state index in [1.807, 2.05) is 24.3 Å². The molecule has 1 heterocycles. The molecule has 104 valence electrons. The Morgan fingerprint density at radius 3 is 2.50 bits per heavy atom. The average Bonchev–Trinajstić information content (AvgIpc) is 2.89. The molecule has 1 aromatic carbocycles. The van der Waals surface area contributed by atoms with E-state index in [2.05, 4.69) is 0 Å². The second-order valence-electron chi connectivity index (χ2n) is 6.32. The van der Waals surface area contributed by atoms with Gasteiger partial charge in [-0.3, -0.25) is 9.59 Å². The molecule has 1 N–H and O–H groups in total. The second-order valence-corrected chi connectivity index (χ2v) is 6.32. The molecule has 1 amide bonds. The van der Waals surface area contributed by atoms with Crippen LogP contribution in [0.25, 0.3) is 0 Å². The normalized spacial score (nSPS) is 33.7. The zero-order valence-corrected chi connectivity index (χ0v) is 11.2. The third kappa shape index (κ3) is 1.67. The molecule has 1 aliphatic heterocycles. The minimum absolute atomic E-state index is 0.111. The number of carbonyl (C=O) groups is 2. The highest BCUT2D eigenvalue weighted by Crippen LogP contribution is 2.55. The Balaban J connectivity index is 1.62. The number of aliphatic carboxylic acids is 1. The summed E-state index contributed by atoms with van der Waals surface area (Å²) in [6.07, 6.45) is 3.29. The summed E-state index contributed by atoms with van der Waals surface area (Å²) in [7, 11) is 0. The maximum absolute atomic E-state index is 12.7. The van der Waals surface area contributed by atoms with Gasteiger partial charge in [-0.05, 0) is 42.7 Å². The van der Waals surface area contributed by atoms with Gasteiger partial charge in [-0.2, -0.15) is 0 Å². The molecular weight excluding hydrogens is 254 g/mol. The fourth-order valence-electron chi connectivity index (χ4n) is 3.96. The Bertz CT molecular complexity index is 587. The third-order valence-electron chi connectivity index (χ3n) is 5.13. The first kappa shape index (κ1) is 11.9. The maximum atomic E-state index is 12.7. The molecule has 4 heteroatoms. The summed E-state index contributed by atoms with van der Waals surface area (Å²) in [5.41, 5.74) is 1.57. The minimum Gasteiger partial charge on any atom is -0.481 e. The van der Waals surface area contributed by atoms with Gasteiger partial charge in [0.05, 0.1) is 0 Å². The summed E-state index contributed by atoms with van der Waals surface area (Å²) in [5, 5.41) is 9.34. The Morgan fingerprint density at radius 1 is 1.10 bits per heavy atom. The van der Waals surface area contributed by atoms with E-state index in [1.54, 1.807) is 4.90 Å². The van der Waals surface area contributed by atoms with Crippen LogP contribution in [0.1, 0.15) is 30.7 Å². The van der Waals surface area contributed by atoms with Crippen LogP contribution >= 0.6 is 0 Å². The van der Waals surface area contributed by atoms with Crippen LogP contribution in [0, 0.1) is 17.8 Å². The molecule has 0 radical (unpaired) electrons. The Hall–Kier alpha value is -1.84. The first-order valence-electron chi connectivity index (χ1n) is 7.28. The first-order chi connectivity index (χ1) is 9.65. The predicted octanol–water partition coefficient (Wildman–Crippen LogP) is 2.25. The molecule has 4 rings (SSSR count). The molecule has 1 aromatic rings. The van der Waals surface area contributed by atoms with E-state index in [4.69, 9.17) is 0 Å². The summed E-state index contributed by atoms with van der Waals surface area (Å²) in [4.78, 5) is 25.8. The van der Waals surface area contributed by atoms with Crippen molar-refractivity contribution >= 4 is 17.6 Å². The molecule has 3 aliphatic rings. The summed E-state index contributed by atoms with van der Waals surface area (Å²) >= 11 is 0. The number of carboxylic acids is 1. The van der Waals surface area contributed by atoms with E-state index in [-0.39, 0.29) is 11.8 Å². The molecule has 2 fully saturated rings. The fourth-order valence-corrected chi connectivity index (χ4v) is 3.96. The number of fused-ring (bicyclic) bond motifs is 2. The molecule has 2 saturated carbocycles. The molecule has 2 aliphatic carbocycles. The molecule has 20 heavy (non-hydrogen) atoms. The van der Waals surface area contributed by atoms with E-state index in [0.717, 1.165) is 35.9 Å². The molecule has 3 unspecified atom stereocenters. The van der Waals surface area contributed by atoms with Crippen LogP contribution in [0.5, 0.6) is 0 Å². The van der Waals surface area contributed by atoms with Gasteiger partial charge in [0.15, 0.2) is 0 Å². The van der Waals surface area contributed by atoms with E-state index >= 15 is 0 Å². The smallest absolute Gasteiger partial charge is 0.312 e. The van der Waals surface area contributed by atoms with Gasteiger partial charge in [0.1, 0.15) is 5.92 Å². The van der Waals surface area contributed by atoms with Crippen LogP contribution in [0.2, 0.25) is 0 Å². The quantitative estimate of drug-likeness (QED) is 0.897. The van der Waals surface area contributed by atoms with Gasteiger partial charge in [-0.25, -0.2) is 0 Å². The first-order valence-corrected chi connectivity index (χ1v) is 7.28. The van der Waals surface area contributed by atoms with E-state index < -0.39 is 11.9 Å². The monoisotopic (exact) mass is 271 g/mol. The number of hydrogen-bond donors (Lipinski definition) is 1. The fraction of sp³-hybridized carbons (Fsp3) is 0.500. The summed E-state index contributed by atoms with van der Waals surface area (Å²) < 4.78 is 0. The van der Waals surface area contributed by atoms with Crippen molar-refractivity contribution in [3.05, 3.63) is 29.8 Å². The van der Waals surface area contributed by atoms with E-state index in [1.165, 1.54) is 6.42 Å². The average molecular weight is 271 g/mol. The second kappa shape index (κ2) is 4.08. The van der Waals surface area contributed by atoms with Crippen molar-refractivity contribution in [3.63, 3.8) is 0 Å². The topological polar surface area (TPSA) is 57.6 Å². The SMILES string of the molecule is O=C(O)C1CN(C(=O)C2CC3CC3C2)c2ccccc21. The highest BCUT2D eigenvalue weighted by Gasteiger charge is 2.50. The molecule has 0 bridgehead atoms. The van der Waals surface area contributed by atoms with Gasteiger partial charge in [0.2, 0.25) is 5.91 Å². The zero-order valence-electron chi connectivity index (χ0n) is 11.2. The van der Waals surface area contributed by atoms with Gasteiger partial charge < -0.3 is 10.0 Å². The highest BCUT2D eigenvalue weighted by molar-refractivity contribution is 6.00. The molecule has 0 saturated heterocycles. The van der Waals surface area contributed by atoms with Crippen molar-refractivity contribution in [2.45, 2.75) is 25.2 Å². The number of nitrogens with zero attached hydrogens (tertiary/aromatic N) is 1. The summed E-state index contributed by atoms with van der Waals surface area (Å²) in [6, 6.07) is 7.41. The Labute approximate surface area is 117 Å². The van der Waals surface area contributed by atoms with Crippen molar-refractivity contribution in [2.75, 3.05) is 11.4 Å². The van der Waals surface area contributed by atoms with Crippen molar-refractivity contribution in [2.24, 2.45) is 17.8 Å². The zero-order chi connectivity index (χ0) is 13.9. The van der Waals surface area contributed by atoms with Gasteiger partial charge >= 0.3 is 5.97 Å². The van der Waals surface area contributed by atoms with Crippen molar-refractivity contribution < 1.29 is 14.7 Å². The Kier molecular flexibility index (Phi) is 2.43. The van der Waals surface area contributed by atoms with Crippen LogP contribution in [0.15, 0.2) is 24.3 Å². The minimum atomic E-state index is -0.845. The van der Waals surface area contributed by atoms with Crippen LogP contribution in [0.4, 0.5) is 5.69 Å². The number of carboxylic acid groups (broad SMARTS) is 1. The van der Waals surface area contributed by atoms with Crippen LogP contribution in [-0.4, -0.2) is 23.5 Å². The van der Waals surface area contributed by atoms with Crippen LogP contribution < -0.4 is 4.90 Å². The molecular formula is C16H17NO3. The lowest BCUT2D eigenvalue weighted by atomic mass is 10.0. The van der Waals surface area contributed by atoms with Crippen molar-refractivity contribution in [1.29, 1.82) is 0 Å². The third-order valence-corrected chi connectivity index (χ3v) is 5.13. The largest absolute Gasteiger partial charge is 0.481 e. The van der Waals surface area contributed by atoms with Crippen LogP contribution in [-0.2, 0) is 9.59 Å². The van der Waals surface area contributed by atoms with Gasteiger partial charge in [0, 0.05) is 18.2 Å². The number of benzene rings is 1. The number of para-hydroxylation sites is 1. The summed E-state index contributed by atoms with van der Waals surface area (Å²) in [5.74, 6) is 0.343. The molecule has 0 aromatic heterocycles. The number of carbonyl (C=O) groups excluding carboxylic acids is 1. The number of amides is 1. The number of anilines is 1.